The first-order chi connectivity index (χ1) is 13.4. The van der Waals surface area contributed by atoms with E-state index in [1.165, 1.54) is 12.1 Å². The standard InChI is InChI=1S/C20H23F2N3O3/c1-3-23-20(27)24-18(26)17(15-7-5-4-6-8-15)25(2)13-14-9-11-16(12-10-14)28-19(21)22/h4-12,17,19H,3,13H2,1-2H3,(H2,23,24,26,27)/t17-/m1/s1. The molecule has 8 heteroatoms. The number of alkyl halides is 2. The van der Waals surface area contributed by atoms with Gasteiger partial charge in [0.15, 0.2) is 0 Å². The van der Waals surface area contributed by atoms with Crippen molar-refractivity contribution in [3.05, 3.63) is 65.7 Å². The van der Waals surface area contributed by atoms with Gasteiger partial charge in [-0.1, -0.05) is 42.5 Å². The number of nitrogens with zero attached hydrogens (tertiary/aromatic N) is 1. The third-order valence-electron chi connectivity index (χ3n) is 3.96. The van der Waals surface area contributed by atoms with Crippen LogP contribution in [-0.4, -0.2) is 37.0 Å². The molecule has 150 valence electrons. The number of rotatable bonds is 8. The Morgan fingerprint density at radius 1 is 1.07 bits per heavy atom. The molecule has 2 aromatic carbocycles. The Morgan fingerprint density at radius 2 is 1.71 bits per heavy atom. The highest BCUT2D eigenvalue weighted by molar-refractivity contribution is 5.97. The summed E-state index contributed by atoms with van der Waals surface area (Å²) in [6.07, 6.45) is 0. The number of amides is 3. The van der Waals surface area contributed by atoms with Crippen molar-refractivity contribution < 1.29 is 23.1 Å². The number of nitrogens with one attached hydrogen (secondary N) is 2. The van der Waals surface area contributed by atoms with E-state index in [0.717, 1.165) is 11.1 Å². The first kappa shape index (κ1) is 21.3. The first-order valence-corrected chi connectivity index (χ1v) is 8.78. The van der Waals surface area contributed by atoms with E-state index in [-0.39, 0.29) is 5.75 Å². The van der Waals surface area contributed by atoms with Crippen molar-refractivity contribution in [2.75, 3.05) is 13.6 Å². The summed E-state index contributed by atoms with van der Waals surface area (Å²) in [7, 11) is 1.75. The molecule has 0 radical (unpaired) electrons. The molecule has 0 aliphatic rings. The Morgan fingerprint density at radius 3 is 2.29 bits per heavy atom. The molecule has 0 heterocycles. The maximum Gasteiger partial charge on any atom is 0.387 e. The number of carbonyl (C=O) groups is 2. The van der Waals surface area contributed by atoms with Crippen molar-refractivity contribution in [2.24, 2.45) is 0 Å². The number of urea groups is 1. The highest BCUT2D eigenvalue weighted by atomic mass is 19.3. The van der Waals surface area contributed by atoms with Gasteiger partial charge < -0.3 is 10.1 Å². The molecule has 6 nitrogen and oxygen atoms in total. The van der Waals surface area contributed by atoms with Crippen LogP contribution in [0.1, 0.15) is 24.1 Å². The summed E-state index contributed by atoms with van der Waals surface area (Å²) in [6.45, 7) is -0.365. The normalized spacial score (nSPS) is 11.9. The maximum absolute atomic E-state index is 12.7. The van der Waals surface area contributed by atoms with Crippen LogP contribution in [0.15, 0.2) is 54.6 Å². The van der Waals surface area contributed by atoms with Crippen LogP contribution in [0.25, 0.3) is 0 Å². The van der Waals surface area contributed by atoms with Gasteiger partial charge >= 0.3 is 12.6 Å². The van der Waals surface area contributed by atoms with Gasteiger partial charge in [-0.2, -0.15) is 8.78 Å². The van der Waals surface area contributed by atoms with Gasteiger partial charge in [0, 0.05) is 13.1 Å². The molecular weight excluding hydrogens is 368 g/mol. The summed E-state index contributed by atoms with van der Waals surface area (Å²) in [5, 5.41) is 4.87. The number of hydrogen-bond donors (Lipinski definition) is 2. The molecule has 0 saturated heterocycles. The van der Waals surface area contributed by atoms with Gasteiger partial charge in [0.2, 0.25) is 5.91 Å². The Kier molecular flexibility index (Phi) is 7.88. The zero-order valence-corrected chi connectivity index (χ0v) is 15.7. The van der Waals surface area contributed by atoms with E-state index in [2.05, 4.69) is 15.4 Å². The van der Waals surface area contributed by atoms with Gasteiger partial charge in [-0.05, 0) is 37.2 Å². The molecule has 2 rings (SSSR count). The molecule has 0 fully saturated rings. The lowest BCUT2D eigenvalue weighted by atomic mass is 10.0. The van der Waals surface area contributed by atoms with Gasteiger partial charge in [0.25, 0.3) is 0 Å². The van der Waals surface area contributed by atoms with Crippen molar-refractivity contribution in [1.29, 1.82) is 0 Å². The summed E-state index contributed by atoms with van der Waals surface area (Å²) in [6, 6.07) is 14.0. The van der Waals surface area contributed by atoms with Crippen LogP contribution in [0.5, 0.6) is 5.75 Å². The minimum Gasteiger partial charge on any atom is -0.435 e. The molecule has 28 heavy (non-hydrogen) atoms. The molecular formula is C20H23F2N3O3. The number of imide groups is 1. The van der Waals surface area contributed by atoms with E-state index < -0.39 is 24.6 Å². The lowest BCUT2D eigenvalue weighted by Crippen LogP contribution is -2.45. The molecule has 3 amide bonds. The second-order valence-corrected chi connectivity index (χ2v) is 6.10. The molecule has 2 aromatic rings. The highest BCUT2D eigenvalue weighted by Crippen LogP contribution is 2.23. The smallest absolute Gasteiger partial charge is 0.387 e. The number of carbonyl (C=O) groups excluding carboxylic acids is 2. The SMILES string of the molecule is CCNC(=O)NC(=O)[C@@H](c1ccccc1)N(C)Cc1ccc(OC(F)F)cc1. The predicted octanol–water partition coefficient (Wildman–Crippen LogP) is 3.31. The fourth-order valence-corrected chi connectivity index (χ4v) is 2.78. The number of hydrogen-bond acceptors (Lipinski definition) is 4. The van der Waals surface area contributed by atoms with Crippen molar-refractivity contribution in [3.8, 4) is 5.75 Å². The average Bonchev–Trinajstić information content (AvgIpc) is 2.64. The second kappa shape index (κ2) is 10.4. The number of halogens is 2. The number of benzene rings is 2. The minimum absolute atomic E-state index is 0.0648. The summed E-state index contributed by atoms with van der Waals surface area (Å²) in [4.78, 5) is 26.2. The molecule has 0 aromatic heterocycles. The lowest BCUT2D eigenvalue weighted by molar-refractivity contribution is -0.125. The fourth-order valence-electron chi connectivity index (χ4n) is 2.78. The molecule has 0 saturated carbocycles. The van der Waals surface area contributed by atoms with Gasteiger partial charge in [0.1, 0.15) is 11.8 Å². The summed E-state index contributed by atoms with van der Waals surface area (Å²) >= 11 is 0. The van der Waals surface area contributed by atoms with E-state index in [1.807, 2.05) is 18.2 Å². The molecule has 1 atom stereocenters. The van der Waals surface area contributed by atoms with Gasteiger partial charge in [-0.3, -0.25) is 15.0 Å². The Bertz CT molecular complexity index is 770. The van der Waals surface area contributed by atoms with E-state index in [0.29, 0.717) is 13.1 Å². The van der Waals surface area contributed by atoms with Crippen LogP contribution in [0.4, 0.5) is 13.6 Å². The number of ether oxygens (including phenoxy) is 1. The van der Waals surface area contributed by atoms with E-state index >= 15 is 0 Å². The largest absolute Gasteiger partial charge is 0.435 e. The summed E-state index contributed by atoms with van der Waals surface area (Å²) in [5.74, 6) is -0.396. The zero-order valence-electron chi connectivity index (χ0n) is 15.7. The van der Waals surface area contributed by atoms with Crippen molar-refractivity contribution >= 4 is 11.9 Å². The predicted molar refractivity (Wildman–Crippen MR) is 101 cm³/mol. The van der Waals surface area contributed by atoms with Crippen LogP contribution in [0, 0.1) is 0 Å². The molecule has 0 unspecified atom stereocenters. The third kappa shape index (κ3) is 6.31. The lowest BCUT2D eigenvalue weighted by Gasteiger charge is -2.27. The average molecular weight is 391 g/mol. The number of likely N-dealkylation sites (N-methyl/N-ethyl adjacent to an activating group) is 1. The molecule has 0 spiro atoms. The van der Waals surface area contributed by atoms with Crippen molar-refractivity contribution in [1.82, 2.24) is 15.5 Å². The Hall–Kier alpha value is -3.00. The van der Waals surface area contributed by atoms with Crippen LogP contribution in [0.2, 0.25) is 0 Å². The third-order valence-corrected chi connectivity index (χ3v) is 3.96. The highest BCUT2D eigenvalue weighted by Gasteiger charge is 2.26. The monoisotopic (exact) mass is 391 g/mol. The fraction of sp³-hybridized carbons (Fsp3) is 0.300. The van der Waals surface area contributed by atoms with Gasteiger partial charge in [0.05, 0.1) is 0 Å². The Balaban J connectivity index is 2.15. The van der Waals surface area contributed by atoms with E-state index in [4.69, 9.17) is 0 Å². The zero-order chi connectivity index (χ0) is 20.5. The topological polar surface area (TPSA) is 70.7 Å². The van der Waals surface area contributed by atoms with Gasteiger partial charge in [-0.25, -0.2) is 4.79 Å². The van der Waals surface area contributed by atoms with Crippen LogP contribution < -0.4 is 15.4 Å². The second-order valence-electron chi connectivity index (χ2n) is 6.10. The van der Waals surface area contributed by atoms with Crippen LogP contribution in [0.3, 0.4) is 0 Å². The van der Waals surface area contributed by atoms with Crippen molar-refractivity contribution in [3.63, 3.8) is 0 Å². The molecule has 2 N–H and O–H groups in total. The molecule has 0 aliphatic carbocycles. The van der Waals surface area contributed by atoms with Crippen LogP contribution in [-0.2, 0) is 11.3 Å². The summed E-state index contributed by atoms with van der Waals surface area (Å²) < 4.78 is 28.9. The van der Waals surface area contributed by atoms with E-state index in [1.54, 1.807) is 43.1 Å². The molecule has 0 aliphatic heterocycles. The summed E-state index contributed by atoms with van der Waals surface area (Å²) in [5.41, 5.74) is 1.53. The van der Waals surface area contributed by atoms with E-state index in [9.17, 15) is 18.4 Å². The maximum atomic E-state index is 12.7. The minimum atomic E-state index is -2.88. The first-order valence-electron chi connectivity index (χ1n) is 8.78. The van der Waals surface area contributed by atoms with Crippen LogP contribution >= 0.6 is 0 Å². The van der Waals surface area contributed by atoms with Crippen molar-refractivity contribution in [2.45, 2.75) is 26.1 Å². The molecule has 0 bridgehead atoms. The quantitative estimate of drug-likeness (QED) is 0.724. The van der Waals surface area contributed by atoms with Gasteiger partial charge in [-0.15, -0.1) is 0 Å². The Labute approximate surface area is 162 Å².